The summed E-state index contributed by atoms with van der Waals surface area (Å²) in [6.07, 6.45) is -3.61. The number of aromatic amines is 1. The molecular formula is C26H25N4O17P3. The van der Waals surface area contributed by atoms with E-state index in [1.165, 1.54) is 0 Å². The second-order valence-electron chi connectivity index (χ2n) is 10.5. The molecule has 1 fully saturated rings. The number of H-pyrrole nitrogens is 1. The molecule has 5 rings (SSSR count). The van der Waals surface area contributed by atoms with Gasteiger partial charge < -0.3 is 34.7 Å². The first-order valence-electron chi connectivity index (χ1n) is 13.9. The highest BCUT2D eigenvalue weighted by atomic mass is 31.3. The number of carbonyl (C=O) groups is 3. The third kappa shape index (κ3) is 8.60. The van der Waals surface area contributed by atoms with Crippen LogP contribution in [0.3, 0.4) is 0 Å². The molecule has 21 nitrogen and oxygen atoms in total. The maximum absolute atomic E-state index is 13.0. The summed E-state index contributed by atoms with van der Waals surface area (Å²) in [5.41, 5.74) is -1.69. The van der Waals surface area contributed by atoms with Gasteiger partial charge in [-0.05, 0) is 17.5 Å². The van der Waals surface area contributed by atoms with Crippen LogP contribution in [-0.4, -0.2) is 88.8 Å². The van der Waals surface area contributed by atoms with E-state index in [4.69, 9.17) is 14.5 Å². The topological polar surface area (TPSA) is 311 Å². The van der Waals surface area contributed by atoms with E-state index in [9.17, 15) is 52.6 Å². The number of nitrogens with zero attached hydrogens (tertiary/aromatic N) is 2. The Labute approximate surface area is 278 Å². The Kier molecular flexibility index (Phi) is 10.6. The fourth-order valence-electron chi connectivity index (χ4n) is 5.00. The maximum Gasteiger partial charge on any atom is 0.490 e. The van der Waals surface area contributed by atoms with Gasteiger partial charge in [-0.15, -0.1) is 0 Å². The van der Waals surface area contributed by atoms with Crippen LogP contribution in [-0.2, 0) is 36.4 Å². The summed E-state index contributed by atoms with van der Waals surface area (Å²) in [4.78, 5) is 102. The van der Waals surface area contributed by atoms with E-state index in [1.807, 2.05) is 4.98 Å². The van der Waals surface area contributed by atoms with Crippen LogP contribution in [0.25, 0.3) is 10.8 Å². The number of imide groups is 1. The molecule has 7 N–H and O–H groups in total. The van der Waals surface area contributed by atoms with Gasteiger partial charge >= 0.3 is 29.2 Å². The predicted molar refractivity (Wildman–Crippen MR) is 165 cm³/mol. The number of phosphoric acid groups is 3. The van der Waals surface area contributed by atoms with Gasteiger partial charge in [0.1, 0.15) is 24.4 Å². The highest BCUT2D eigenvalue weighted by molar-refractivity contribution is 7.66. The molecule has 0 radical (unpaired) electrons. The average Bonchev–Trinajstić information content (AvgIpc) is 3.38. The second kappa shape index (κ2) is 14.2. The van der Waals surface area contributed by atoms with E-state index in [2.05, 4.69) is 30.3 Å². The molecule has 3 heterocycles. The number of benzene rings is 2. The van der Waals surface area contributed by atoms with Gasteiger partial charge in [0.15, 0.2) is 0 Å². The van der Waals surface area contributed by atoms with Crippen LogP contribution < -0.4 is 16.6 Å². The fourth-order valence-corrected chi connectivity index (χ4v) is 8.03. The number of hydrogen-bond acceptors (Lipinski definition) is 13. The van der Waals surface area contributed by atoms with Crippen molar-refractivity contribution >= 4 is 52.0 Å². The van der Waals surface area contributed by atoms with Crippen molar-refractivity contribution in [2.75, 3.05) is 19.7 Å². The molecule has 2 aliphatic rings. The molecule has 0 saturated carbocycles. The fraction of sp³-hybridized carbons (Fsp3) is 0.269. The van der Waals surface area contributed by atoms with Crippen LogP contribution in [0.2, 0.25) is 0 Å². The number of hydrogen-bond donors (Lipinski definition) is 7. The number of nitrogens with one attached hydrogen (secondary N) is 2. The number of ether oxygens (including phenoxy) is 1. The van der Waals surface area contributed by atoms with Gasteiger partial charge in [-0.25, -0.2) is 18.5 Å². The lowest BCUT2D eigenvalue weighted by molar-refractivity contribution is -0.121. The van der Waals surface area contributed by atoms with Crippen LogP contribution in [0.4, 0.5) is 0 Å². The van der Waals surface area contributed by atoms with E-state index < -0.39 is 84.0 Å². The first kappa shape index (κ1) is 37.1. The quantitative estimate of drug-likeness (QED) is 0.0732. The minimum Gasteiger partial charge on any atom is -0.390 e. The molecule has 50 heavy (non-hydrogen) atoms. The van der Waals surface area contributed by atoms with Crippen LogP contribution in [0.5, 0.6) is 0 Å². The highest BCUT2D eigenvalue weighted by Gasteiger charge is 2.43. The number of carbonyl (C=O) groups excluding carboxylic acids is 3. The van der Waals surface area contributed by atoms with Gasteiger partial charge in [-0.1, -0.05) is 36.1 Å². The standard InChI is InChI=1S/C26H25N4O17P3/c31-18-10-21(45-19(18)13-44-49(40,41)47-50(42,43)46-48(37,38)39)29-11-15(23(33)28-26(29)36)6-3-9-27-20(32)12-30-24(34)16-7-1-4-14-5-2-8-17(22(14)16)25(30)35/h1-2,4-5,7-8,11,18-19,21,31H,9-10,12-13H2,(H,27,32)(H,40,41)(H,42,43)(H,28,33,36)(H2,37,38,39)/t18-,19+,21+/m0/s1. The maximum atomic E-state index is 13.0. The lowest BCUT2D eigenvalue weighted by Crippen LogP contribution is -2.46. The van der Waals surface area contributed by atoms with Crippen molar-refractivity contribution in [1.82, 2.24) is 19.8 Å². The van der Waals surface area contributed by atoms with Crippen molar-refractivity contribution in [2.45, 2.75) is 24.9 Å². The van der Waals surface area contributed by atoms with Crippen molar-refractivity contribution in [3.8, 4) is 11.8 Å². The molecule has 2 aliphatic heterocycles. The van der Waals surface area contributed by atoms with Crippen LogP contribution in [0.1, 0.15) is 38.9 Å². The molecule has 2 aromatic carbocycles. The molecule has 0 bridgehead atoms. The predicted octanol–water partition coefficient (Wildman–Crippen LogP) is -0.555. The van der Waals surface area contributed by atoms with Crippen molar-refractivity contribution in [3.05, 3.63) is 80.1 Å². The molecule has 266 valence electrons. The Morgan fingerprint density at radius 2 is 1.62 bits per heavy atom. The third-order valence-corrected chi connectivity index (χ3v) is 10.9. The van der Waals surface area contributed by atoms with Crippen molar-refractivity contribution in [2.24, 2.45) is 0 Å². The number of aliphatic hydroxyl groups is 1. The Morgan fingerprint density at radius 3 is 2.24 bits per heavy atom. The van der Waals surface area contributed by atoms with Gasteiger partial charge in [0.2, 0.25) is 5.91 Å². The molecular weight excluding hydrogens is 733 g/mol. The van der Waals surface area contributed by atoms with Crippen LogP contribution in [0.15, 0.2) is 52.2 Å². The zero-order chi connectivity index (χ0) is 36.6. The number of aliphatic hydroxyl groups excluding tert-OH is 1. The van der Waals surface area contributed by atoms with Gasteiger partial charge in [0.25, 0.3) is 17.4 Å². The molecule has 2 unspecified atom stereocenters. The molecule has 3 amide bonds. The van der Waals surface area contributed by atoms with Gasteiger partial charge in [-0.3, -0.25) is 38.2 Å². The molecule has 0 aliphatic carbocycles. The molecule has 1 aromatic heterocycles. The highest BCUT2D eigenvalue weighted by Crippen LogP contribution is 2.66. The lowest BCUT2D eigenvalue weighted by atomic mass is 9.94. The summed E-state index contributed by atoms with van der Waals surface area (Å²) < 4.78 is 52.2. The Morgan fingerprint density at radius 1 is 0.980 bits per heavy atom. The summed E-state index contributed by atoms with van der Waals surface area (Å²) >= 11 is 0. The molecule has 24 heteroatoms. The van der Waals surface area contributed by atoms with E-state index in [-0.39, 0.29) is 29.7 Å². The monoisotopic (exact) mass is 758 g/mol. The van der Waals surface area contributed by atoms with E-state index >= 15 is 0 Å². The summed E-state index contributed by atoms with van der Waals surface area (Å²) in [5, 5.41) is 13.9. The Bertz CT molecular complexity index is 2170. The first-order chi connectivity index (χ1) is 23.3. The normalized spacial score (nSPS) is 21.3. The van der Waals surface area contributed by atoms with Crippen LogP contribution >= 0.6 is 23.5 Å². The summed E-state index contributed by atoms with van der Waals surface area (Å²) in [6.45, 7) is -1.95. The Hall–Kier alpha value is -4.12. The van der Waals surface area contributed by atoms with Crippen molar-refractivity contribution in [3.63, 3.8) is 0 Å². The second-order valence-corrected chi connectivity index (χ2v) is 14.9. The van der Waals surface area contributed by atoms with Gasteiger partial charge in [-0.2, -0.15) is 8.62 Å². The summed E-state index contributed by atoms with van der Waals surface area (Å²) in [5.74, 6) is 2.92. The number of rotatable bonds is 11. The van der Waals surface area contributed by atoms with Crippen LogP contribution in [0, 0.1) is 11.8 Å². The summed E-state index contributed by atoms with van der Waals surface area (Å²) in [7, 11) is -16.9. The summed E-state index contributed by atoms with van der Waals surface area (Å²) in [6, 6.07) is 9.93. The minimum absolute atomic E-state index is 0.268. The van der Waals surface area contributed by atoms with Crippen molar-refractivity contribution < 1.29 is 70.6 Å². The molecule has 1 saturated heterocycles. The number of amides is 3. The minimum atomic E-state index is -5.79. The molecule has 5 atom stereocenters. The average molecular weight is 758 g/mol. The number of aromatic nitrogens is 2. The zero-order valence-electron chi connectivity index (χ0n) is 25.0. The third-order valence-electron chi connectivity index (χ3n) is 7.05. The Balaban J connectivity index is 1.18. The largest absolute Gasteiger partial charge is 0.490 e. The molecule has 0 spiro atoms. The smallest absolute Gasteiger partial charge is 0.390 e. The van der Waals surface area contributed by atoms with Gasteiger partial charge in [0.05, 0.1) is 19.3 Å². The zero-order valence-corrected chi connectivity index (χ0v) is 27.7. The van der Waals surface area contributed by atoms with E-state index in [1.54, 1.807) is 36.4 Å². The SMILES string of the molecule is O=C(CN1C(=O)c2cccc3cccc(c23)C1=O)NCC#Cc1cn([C@H]2C[C@H](O)[C@@H](COP(=O)(O)OP(=O)(O)OP(=O)(O)O)O2)c(=O)[nH]c1=O. The lowest BCUT2D eigenvalue weighted by Gasteiger charge is -2.26. The molecule has 3 aromatic rings. The van der Waals surface area contributed by atoms with Crippen molar-refractivity contribution in [1.29, 1.82) is 0 Å². The first-order valence-corrected chi connectivity index (χ1v) is 18.5. The van der Waals surface area contributed by atoms with Gasteiger partial charge in [0, 0.05) is 29.1 Å². The number of phosphoric ester groups is 1. The van der Waals surface area contributed by atoms with E-state index in [0.717, 1.165) is 15.7 Å². The van der Waals surface area contributed by atoms with E-state index in [0.29, 0.717) is 10.8 Å².